The summed E-state index contributed by atoms with van der Waals surface area (Å²) in [7, 11) is 0. The van der Waals surface area contributed by atoms with E-state index in [1.54, 1.807) is 0 Å². The first-order chi connectivity index (χ1) is 12.8. The summed E-state index contributed by atoms with van der Waals surface area (Å²) in [5, 5.41) is 11.1. The average molecular weight is 398 g/mol. The van der Waals surface area contributed by atoms with Gasteiger partial charge in [-0.2, -0.15) is 13.2 Å². The van der Waals surface area contributed by atoms with E-state index in [4.69, 9.17) is 0 Å². The van der Waals surface area contributed by atoms with E-state index in [0.717, 1.165) is 0 Å². The third-order valence-corrected chi connectivity index (χ3v) is 9.13. The normalized spacial score (nSPS) is 48.4. The minimum absolute atomic E-state index is 0.0306. The molecule has 0 bridgehead atoms. The summed E-state index contributed by atoms with van der Waals surface area (Å²) in [6.07, 6.45) is -0.114. The zero-order valence-electron chi connectivity index (χ0n) is 16.7. The molecule has 3 nitrogen and oxygen atoms in total. The molecule has 0 aliphatic heterocycles. The molecule has 0 unspecified atom stereocenters. The summed E-state index contributed by atoms with van der Waals surface area (Å²) >= 11 is 0. The van der Waals surface area contributed by atoms with Crippen LogP contribution in [0.2, 0.25) is 0 Å². The first kappa shape index (κ1) is 20.1. The zero-order valence-corrected chi connectivity index (χ0v) is 16.7. The maximum Gasteiger partial charge on any atom is 0.395 e. The van der Waals surface area contributed by atoms with Crippen LogP contribution in [0.5, 0.6) is 0 Å². The molecule has 3 fully saturated rings. The highest BCUT2D eigenvalue weighted by molar-refractivity contribution is 5.92. The highest BCUT2D eigenvalue weighted by atomic mass is 19.4. The second-order valence-electron chi connectivity index (χ2n) is 10.1. The smallest absolute Gasteiger partial charge is 0.382 e. The number of rotatable bonds is 1. The molecule has 0 aromatic heterocycles. The maximum atomic E-state index is 14.0. The van der Waals surface area contributed by atoms with Gasteiger partial charge in [0.2, 0.25) is 0 Å². The van der Waals surface area contributed by atoms with Crippen LogP contribution >= 0.6 is 0 Å². The van der Waals surface area contributed by atoms with Gasteiger partial charge in [0.05, 0.1) is 5.92 Å². The van der Waals surface area contributed by atoms with Crippen LogP contribution in [0.4, 0.5) is 13.2 Å². The summed E-state index contributed by atoms with van der Waals surface area (Å²) in [5.41, 5.74) is -2.45. The van der Waals surface area contributed by atoms with Crippen molar-refractivity contribution in [1.29, 1.82) is 0 Å². The van der Waals surface area contributed by atoms with Gasteiger partial charge >= 0.3 is 6.18 Å². The number of ketones is 2. The Hall–Kier alpha value is -1.17. The second kappa shape index (κ2) is 5.93. The molecule has 28 heavy (non-hydrogen) atoms. The molecule has 4 aliphatic carbocycles. The summed E-state index contributed by atoms with van der Waals surface area (Å²) < 4.78 is 42.1. The minimum atomic E-state index is -4.39. The third-order valence-electron chi connectivity index (χ3n) is 9.13. The van der Waals surface area contributed by atoms with E-state index in [-0.39, 0.29) is 41.3 Å². The fourth-order valence-electron chi connectivity index (χ4n) is 7.55. The van der Waals surface area contributed by atoms with Gasteiger partial charge in [0.15, 0.2) is 11.6 Å². The zero-order chi connectivity index (χ0) is 20.7. The molecule has 3 saturated carbocycles. The summed E-state index contributed by atoms with van der Waals surface area (Å²) in [6, 6.07) is 0. The lowest BCUT2D eigenvalue weighted by Crippen LogP contribution is -2.58. The highest BCUT2D eigenvalue weighted by Crippen LogP contribution is 2.69. The van der Waals surface area contributed by atoms with Gasteiger partial charge < -0.3 is 5.11 Å². The number of alkyl halides is 3. The number of carbonyl (C=O) groups is 2. The van der Waals surface area contributed by atoms with Gasteiger partial charge in [-0.05, 0) is 80.3 Å². The number of fused-ring (bicyclic) bond motifs is 5. The molecule has 1 N–H and O–H groups in total. The van der Waals surface area contributed by atoms with Crippen LogP contribution in [0.1, 0.15) is 65.7 Å². The Morgan fingerprint density at radius 1 is 1.14 bits per heavy atom. The number of aliphatic hydroxyl groups is 1. The Morgan fingerprint density at radius 2 is 1.79 bits per heavy atom. The Labute approximate surface area is 163 Å². The molecule has 4 aliphatic rings. The van der Waals surface area contributed by atoms with Crippen molar-refractivity contribution in [3.05, 3.63) is 11.6 Å². The number of allylic oxidation sites excluding steroid dienone is 1. The topological polar surface area (TPSA) is 54.4 Å². The Bertz CT molecular complexity index is 757. The Morgan fingerprint density at radius 3 is 2.39 bits per heavy atom. The maximum absolute atomic E-state index is 14.0. The second-order valence-corrected chi connectivity index (χ2v) is 10.1. The quantitative estimate of drug-likeness (QED) is 0.701. The van der Waals surface area contributed by atoms with Crippen LogP contribution in [0, 0.1) is 34.5 Å². The van der Waals surface area contributed by atoms with Crippen molar-refractivity contribution in [3.63, 3.8) is 0 Å². The molecule has 156 valence electrons. The van der Waals surface area contributed by atoms with E-state index >= 15 is 0 Å². The predicted octanol–water partition coefficient (Wildman–Crippen LogP) is 4.63. The first-order valence-electron chi connectivity index (χ1n) is 10.4. The van der Waals surface area contributed by atoms with Crippen molar-refractivity contribution in [1.82, 2.24) is 0 Å². The lowest BCUT2D eigenvalue weighted by atomic mass is 9.44. The summed E-state index contributed by atoms with van der Waals surface area (Å²) in [4.78, 5) is 24.2. The van der Waals surface area contributed by atoms with E-state index in [1.807, 2.05) is 13.8 Å². The van der Waals surface area contributed by atoms with E-state index in [9.17, 15) is 27.9 Å². The molecule has 0 aromatic rings. The van der Waals surface area contributed by atoms with Crippen molar-refractivity contribution < 1.29 is 27.9 Å². The summed E-state index contributed by atoms with van der Waals surface area (Å²) in [5.74, 6) is -2.29. The minimum Gasteiger partial charge on any atom is -0.382 e. The van der Waals surface area contributed by atoms with E-state index in [0.29, 0.717) is 38.5 Å². The Kier molecular flexibility index (Phi) is 4.26. The van der Waals surface area contributed by atoms with Gasteiger partial charge in [-0.3, -0.25) is 9.59 Å². The number of hydrogen-bond donors (Lipinski definition) is 1. The average Bonchev–Trinajstić information content (AvgIpc) is 2.87. The molecule has 0 saturated heterocycles. The predicted molar refractivity (Wildman–Crippen MR) is 97.3 cm³/mol. The third kappa shape index (κ3) is 2.45. The van der Waals surface area contributed by atoms with Gasteiger partial charge in [0.1, 0.15) is 5.60 Å². The molecule has 4 rings (SSSR count). The first-order valence-corrected chi connectivity index (χ1v) is 10.4. The molecule has 0 aromatic carbocycles. The number of halogens is 3. The summed E-state index contributed by atoms with van der Waals surface area (Å²) in [6.45, 7) is 5.21. The van der Waals surface area contributed by atoms with Crippen molar-refractivity contribution >= 4 is 11.6 Å². The molecule has 7 atom stereocenters. The fraction of sp³-hybridized carbons (Fsp3) is 0.818. The molecular weight excluding hydrogens is 369 g/mol. The largest absolute Gasteiger partial charge is 0.395 e. The fourth-order valence-corrected chi connectivity index (χ4v) is 7.55. The molecule has 0 spiro atoms. The van der Waals surface area contributed by atoms with Crippen LogP contribution in [-0.4, -0.2) is 28.5 Å². The van der Waals surface area contributed by atoms with Gasteiger partial charge in [0.25, 0.3) is 0 Å². The van der Waals surface area contributed by atoms with Crippen molar-refractivity contribution in [2.75, 3.05) is 0 Å². The lowest BCUT2D eigenvalue weighted by Gasteiger charge is -2.60. The molecular formula is C22H29F3O3. The van der Waals surface area contributed by atoms with Crippen LogP contribution in [-0.2, 0) is 9.59 Å². The van der Waals surface area contributed by atoms with E-state index in [2.05, 4.69) is 0 Å². The highest BCUT2D eigenvalue weighted by Gasteiger charge is 2.67. The van der Waals surface area contributed by atoms with Crippen LogP contribution in [0.3, 0.4) is 0 Å². The number of carbonyl (C=O) groups excluding carboxylic acids is 2. The van der Waals surface area contributed by atoms with E-state index < -0.39 is 28.5 Å². The SMILES string of the molecule is CC(=O)[C@@]1(O)CC[C@H]2[C@@H]3C[C@H](C(F)(F)F)C4=CC(=O)CC[C@]4(C)[C@H]3CC[C@@]21C. The van der Waals surface area contributed by atoms with Gasteiger partial charge in [-0.15, -0.1) is 0 Å². The molecule has 0 amide bonds. The van der Waals surface area contributed by atoms with Crippen LogP contribution in [0.25, 0.3) is 0 Å². The standard InChI is InChI=1S/C22H29F3O3/c1-12(26)21(28)9-6-16-14-11-18(22(23,24)25)17-10-13(27)4-7-19(17,2)15(14)5-8-20(16,21)3/h10,14-16,18,28H,4-9,11H2,1-3H3/t14-,15+,16+,18+,19-,20+,21+/m1/s1. The van der Waals surface area contributed by atoms with Gasteiger partial charge in [0, 0.05) is 11.8 Å². The molecule has 0 heterocycles. The van der Waals surface area contributed by atoms with Crippen molar-refractivity contribution in [3.8, 4) is 0 Å². The van der Waals surface area contributed by atoms with Gasteiger partial charge in [-0.1, -0.05) is 13.8 Å². The lowest BCUT2D eigenvalue weighted by molar-refractivity contribution is -0.200. The monoisotopic (exact) mass is 398 g/mol. The van der Waals surface area contributed by atoms with Crippen LogP contribution < -0.4 is 0 Å². The number of Topliss-reactive ketones (excluding diaryl/α,β-unsaturated/α-hetero) is 1. The van der Waals surface area contributed by atoms with Crippen molar-refractivity contribution in [2.24, 2.45) is 34.5 Å². The number of hydrogen-bond acceptors (Lipinski definition) is 3. The Balaban J connectivity index is 1.79. The molecule has 6 heteroatoms. The molecule has 0 radical (unpaired) electrons. The van der Waals surface area contributed by atoms with Gasteiger partial charge in [-0.25, -0.2) is 0 Å². The van der Waals surface area contributed by atoms with Crippen molar-refractivity contribution in [2.45, 2.75) is 77.5 Å². The van der Waals surface area contributed by atoms with Crippen LogP contribution in [0.15, 0.2) is 11.6 Å². The van der Waals surface area contributed by atoms with E-state index in [1.165, 1.54) is 13.0 Å².